The van der Waals surface area contributed by atoms with Gasteiger partial charge in [0.2, 0.25) is 0 Å². The van der Waals surface area contributed by atoms with Crippen LogP contribution in [0.15, 0.2) is 114 Å². The molecule has 0 spiro atoms. The zero-order chi connectivity index (χ0) is 25.3. The molecule has 0 aliphatic rings. The standard InChI is InChI=1S/C31H25BrO4/c32-26-18-16-25(17-19-26)24-14-10-23(11-15-24)12-20-28(33)27-8-4-5-9-29(27)36-30(31(34)35)21-13-22-6-2-1-3-7-22/h1-12,14-20,30H,13,21H2,(H,34,35). The van der Waals surface area contributed by atoms with Crippen LogP contribution in [0.2, 0.25) is 0 Å². The van der Waals surface area contributed by atoms with Crippen LogP contribution in [-0.2, 0) is 11.2 Å². The maximum absolute atomic E-state index is 13.0. The molecule has 180 valence electrons. The van der Waals surface area contributed by atoms with E-state index in [4.69, 9.17) is 4.74 Å². The van der Waals surface area contributed by atoms with Crippen LogP contribution in [0.3, 0.4) is 0 Å². The van der Waals surface area contributed by atoms with E-state index in [1.165, 1.54) is 6.08 Å². The summed E-state index contributed by atoms with van der Waals surface area (Å²) in [5.74, 6) is -1.05. The first-order valence-corrected chi connectivity index (χ1v) is 12.4. The second kappa shape index (κ2) is 12.1. The largest absolute Gasteiger partial charge is 0.479 e. The molecule has 0 bridgehead atoms. The number of aryl methyl sites for hydroxylation is 1. The Balaban J connectivity index is 1.44. The second-order valence-corrected chi connectivity index (χ2v) is 9.21. The maximum atomic E-state index is 13.0. The van der Waals surface area contributed by atoms with Crippen LogP contribution in [0.25, 0.3) is 17.2 Å². The number of carboxylic acids is 1. The van der Waals surface area contributed by atoms with Crippen molar-refractivity contribution in [2.75, 3.05) is 0 Å². The number of para-hydroxylation sites is 1. The molecule has 4 nitrogen and oxygen atoms in total. The van der Waals surface area contributed by atoms with Gasteiger partial charge in [0.15, 0.2) is 11.9 Å². The maximum Gasteiger partial charge on any atom is 0.344 e. The topological polar surface area (TPSA) is 63.6 Å². The Morgan fingerprint density at radius 3 is 2.08 bits per heavy atom. The average molecular weight is 541 g/mol. The van der Waals surface area contributed by atoms with Crippen molar-refractivity contribution in [3.8, 4) is 16.9 Å². The van der Waals surface area contributed by atoms with E-state index in [-0.39, 0.29) is 11.5 Å². The Morgan fingerprint density at radius 2 is 1.42 bits per heavy atom. The van der Waals surface area contributed by atoms with E-state index in [0.717, 1.165) is 26.7 Å². The first-order valence-electron chi connectivity index (χ1n) is 11.6. The van der Waals surface area contributed by atoms with Crippen LogP contribution in [0.5, 0.6) is 5.75 Å². The minimum absolute atomic E-state index is 0.255. The van der Waals surface area contributed by atoms with Gasteiger partial charge in [0.05, 0.1) is 5.56 Å². The highest BCUT2D eigenvalue weighted by Gasteiger charge is 2.21. The van der Waals surface area contributed by atoms with Crippen molar-refractivity contribution in [3.63, 3.8) is 0 Å². The Kier molecular flexibility index (Phi) is 8.48. The van der Waals surface area contributed by atoms with Crippen LogP contribution in [-0.4, -0.2) is 23.0 Å². The second-order valence-electron chi connectivity index (χ2n) is 8.29. The SMILES string of the molecule is O=C(C=Cc1ccc(-c2ccc(Br)cc2)cc1)c1ccccc1OC(CCc1ccccc1)C(=O)O. The van der Waals surface area contributed by atoms with Gasteiger partial charge in [-0.1, -0.05) is 101 Å². The Hall–Kier alpha value is -3.96. The normalized spacial score (nSPS) is 11.8. The van der Waals surface area contributed by atoms with E-state index in [2.05, 4.69) is 15.9 Å². The number of benzene rings is 4. The Bertz CT molecular complexity index is 1340. The van der Waals surface area contributed by atoms with E-state index in [1.807, 2.05) is 78.9 Å². The molecule has 4 rings (SSSR count). The van der Waals surface area contributed by atoms with Gasteiger partial charge in [0, 0.05) is 4.47 Å². The van der Waals surface area contributed by atoms with Gasteiger partial charge in [-0.05, 0) is 65.4 Å². The molecule has 0 aliphatic heterocycles. The lowest BCUT2D eigenvalue weighted by atomic mass is 10.0. The summed E-state index contributed by atoms with van der Waals surface area (Å²) < 4.78 is 6.84. The van der Waals surface area contributed by atoms with Crippen LogP contribution in [0.4, 0.5) is 0 Å². The zero-order valence-corrected chi connectivity index (χ0v) is 21.1. The van der Waals surface area contributed by atoms with Crippen molar-refractivity contribution in [1.82, 2.24) is 0 Å². The predicted molar refractivity (Wildman–Crippen MR) is 146 cm³/mol. The molecule has 4 aromatic rings. The summed E-state index contributed by atoms with van der Waals surface area (Å²) >= 11 is 3.45. The van der Waals surface area contributed by atoms with Gasteiger partial charge >= 0.3 is 5.97 Å². The van der Waals surface area contributed by atoms with Crippen LogP contribution < -0.4 is 4.74 Å². The number of carbonyl (C=O) groups is 2. The minimum Gasteiger partial charge on any atom is -0.479 e. The van der Waals surface area contributed by atoms with Gasteiger partial charge in [-0.25, -0.2) is 4.79 Å². The van der Waals surface area contributed by atoms with Gasteiger partial charge in [-0.2, -0.15) is 0 Å². The van der Waals surface area contributed by atoms with Crippen molar-refractivity contribution in [3.05, 3.63) is 130 Å². The highest BCUT2D eigenvalue weighted by molar-refractivity contribution is 9.10. The molecule has 36 heavy (non-hydrogen) atoms. The Labute approximate surface area is 219 Å². The van der Waals surface area contributed by atoms with Gasteiger partial charge in [-0.15, -0.1) is 0 Å². The first-order chi connectivity index (χ1) is 17.5. The summed E-state index contributed by atoms with van der Waals surface area (Å²) in [7, 11) is 0. The quantitative estimate of drug-likeness (QED) is 0.167. The molecular weight excluding hydrogens is 516 g/mol. The van der Waals surface area contributed by atoms with Gasteiger partial charge < -0.3 is 9.84 Å². The van der Waals surface area contributed by atoms with Crippen molar-refractivity contribution in [2.45, 2.75) is 18.9 Å². The smallest absolute Gasteiger partial charge is 0.344 e. The highest BCUT2D eigenvalue weighted by Crippen LogP contribution is 2.24. The number of allylic oxidation sites excluding steroid dienone is 1. The number of ether oxygens (including phenoxy) is 1. The zero-order valence-electron chi connectivity index (χ0n) is 19.5. The number of carboxylic acid groups (broad SMARTS) is 1. The Morgan fingerprint density at radius 1 is 0.806 bits per heavy atom. The molecule has 1 N–H and O–H groups in total. The van der Waals surface area contributed by atoms with E-state index in [0.29, 0.717) is 18.4 Å². The number of aliphatic carboxylic acids is 1. The number of hydrogen-bond acceptors (Lipinski definition) is 3. The van der Waals surface area contributed by atoms with Gasteiger partial charge in [-0.3, -0.25) is 4.79 Å². The lowest BCUT2D eigenvalue weighted by molar-refractivity contribution is -0.145. The monoisotopic (exact) mass is 540 g/mol. The molecule has 4 aromatic carbocycles. The number of halogens is 1. The van der Waals surface area contributed by atoms with E-state index in [1.54, 1.807) is 30.3 Å². The molecule has 1 unspecified atom stereocenters. The number of hydrogen-bond donors (Lipinski definition) is 1. The van der Waals surface area contributed by atoms with Crippen LogP contribution >= 0.6 is 15.9 Å². The highest BCUT2D eigenvalue weighted by atomic mass is 79.9. The van der Waals surface area contributed by atoms with Gasteiger partial charge in [0.1, 0.15) is 5.75 Å². The number of carbonyl (C=O) groups excluding carboxylic acids is 1. The molecule has 0 amide bonds. The summed E-state index contributed by atoms with van der Waals surface area (Å²) in [5.41, 5.74) is 4.43. The third kappa shape index (κ3) is 6.80. The molecule has 0 heterocycles. The number of rotatable bonds is 10. The molecule has 0 saturated heterocycles. The third-order valence-electron chi connectivity index (χ3n) is 5.75. The number of ketones is 1. The summed E-state index contributed by atoms with van der Waals surface area (Å²) in [4.78, 5) is 24.8. The molecule has 0 saturated carbocycles. The fourth-order valence-corrected chi connectivity index (χ4v) is 4.06. The molecule has 0 aromatic heterocycles. The average Bonchev–Trinajstić information content (AvgIpc) is 2.91. The molecule has 0 fully saturated rings. The van der Waals surface area contributed by atoms with E-state index < -0.39 is 12.1 Å². The van der Waals surface area contributed by atoms with E-state index >= 15 is 0 Å². The summed E-state index contributed by atoms with van der Waals surface area (Å²) in [6.45, 7) is 0. The fraction of sp³-hybridized carbons (Fsp3) is 0.0968. The minimum atomic E-state index is -1.06. The molecular formula is C31H25BrO4. The lowest BCUT2D eigenvalue weighted by Gasteiger charge is -2.17. The summed E-state index contributed by atoms with van der Waals surface area (Å²) in [6.07, 6.45) is 3.02. The lowest BCUT2D eigenvalue weighted by Crippen LogP contribution is -2.28. The van der Waals surface area contributed by atoms with Crippen molar-refractivity contribution < 1.29 is 19.4 Å². The van der Waals surface area contributed by atoms with Gasteiger partial charge in [0.25, 0.3) is 0 Å². The first kappa shape index (κ1) is 25.1. The molecule has 0 radical (unpaired) electrons. The van der Waals surface area contributed by atoms with Crippen molar-refractivity contribution in [2.24, 2.45) is 0 Å². The van der Waals surface area contributed by atoms with Crippen LogP contribution in [0, 0.1) is 0 Å². The summed E-state index contributed by atoms with van der Waals surface area (Å²) in [6, 6.07) is 32.4. The third-order valence-corrected chi connectivity index (χ3v) is 6.28. The fourth-order valence-electron chi connectivity index (χ4n) is 3.79. The van der Waals surface area contributed by atoms with Crippen LogP contribution in [0.1, 0.15) is 27.9 Å². The summed E-state index contributed by atoms with van der Waals surface area (Å²) in [5, 5.41) is 9.69. The molecule has 5 heteroatoms. The predicted octanol–water partition coefficient (Wildman–Crippen LogP) is 7.48. The molecule has 0 aliphatic carbocycles. The van der Waals surface area contributed by atoms with E-state index in [9.17, 15) is 14.7 Å². The molecule has 1 atom stereocenters. The van der Waals surface area contributed by atoms with Crippen molar-refractivity contribution >= 4 is 33.8 Å². The van der Waals surface area contributed by atoms with Crippen molar-refractivity contribution in [1.29, 1.82) is 0 Å².